The van der Waals surface area contributed by atoms with Crippen LogP contribution in [0.15, 0.2) is 47.3 Å². The molecule has 2 aromatic carbocycles. The van der Waals surface area contributed by atoms with Crippen molar-refractivity contribution in [2.75, 3.05) is 12.4 Å². The molecule has 0 bridgehead atoms. The summed E-state index contributed by atoms with van der Waals surface area (Å²) in [5, 5.41) is 2.43. The maximum atomic E-state index is 12.2. The number of ether oxygens (including phenoxy) is 1. The Bertz CT molecular complexity index is 821. The summed E-state index contributed by atoms with van der Waals surface area (Å²) in [4.78, 5) is 12.2. The van der Waals surface area contributed by atoms with Crippen LogP contribution in [0.2, 0.25) is 0 Å². The smallest absolute Gasteiger partial charge is 0.277 e. The second kappa shape index (κ2) is 4.31. The van der Waals surface area contributed by atoms with Gasteiger partial charge in [0.05, 0.1) is 12.1 Å². The standard InChI is InChI=1S/C15H14N2O2/c1-2-19-10-7-8-14-13(9-10)11-5-3-4-6-12(11)15(18)17(14)16/h3-9H,2,16H2,1H3. The maximum Gasteiger partial charge on any atom is 0.277 e. The number of hydrogen-bond acceptors (Lipinski definition) is 3. The van der Waals surface area contributed by atoms with Crippen molar-refractivity contribution in [3.63, 3.8) is 0 Å². The van der Waals surface area contributed by atoms with Gasteiger partial charge in [0, 0.05) is 10.8 Å². The zero-order chi connectivity index (χ0) is 13.4. The van der Waals surface area contributed by atoms with Crippen LogP contribution in [0.25, 0.3) is 21.7 Å². The Morgan fingerprint density at radius 2 is 1.84 bits per heavy atom. The molecule has 1 aromatic heterocycles. The third-order valence-corrected chi connectivity index (χ3v) is 3.21. The van der Waals surface area contributed by atoms with Gasteiger partial charge in [0.2, 0.25) is 0 Å². The maximum absolute atomic E-state index is 12.2. The van der Waals surface area contributed by atoms with E-state index in [0.29, 0.717) is 17.5 Å². The van der Waals surface area contributed by atoms with Gasteiger partial charge in [-0.3, -0.25) is 4.79 Å². The van der Waals surface area contributed by atoms with Gasteiger partial charge in [0.25, 0.3) is 5.56 Å². The van der Waals surface area contributed by atoms with Crippen molar-refractivity contribution >= 4 is 21.7 Å². The summed E-state index contributed by atoms with van der Waals surface area (Å²) in [5.74, 6) is 6.65. The van der Waals surface area contributed by atoms with Crippen LogP contribution in [0.4, 0.5) is 0 Å². The molecule has 4 heteroatoms. The van der Waals surface area contributed by atoms with Gasteiger partial charge in [0.15, 0.2) is 0 Å². The lowest BCUT2D eigenvalue weighted by atomic mass is 10.1. The Labute approximate surface area is 110 Å². The lowest BCUT2D eigenvalue weighted by molar-refractivity contribution is 0.340. The van der Waals surface area contributed by atoms with Crippen molar-refractivity contribution in [3.05, 3.63) is 52.8 Å². The van der Waals surface area contributed by atoms with Gasteiger partial charge in [-0.05, 0) is 36.6 Å². The van der Waals surface area contributed by atoms with Crippen molar-refractivity contribution in [1.82, 2.24) is 4.68 Å². The molecule has 0 unspecified atom stereocenters. The fourth-order valence-corrected chi connectivity index (χ4v) is 2.34. The largest absolute Gasteiger partial charge is 0.494 e. The summed E-state index contributed by atoms with van der Waals surface area (Å²) in [6.45, 7) is 2.54. The predicted octanol–water partition coefficient (Wildman–Crippen LogP) is 2.27. The lowest BCUT2D eigenvalue weighted by Crippen LogP contribution is -2.27. The van der Waals surface area contributed by atoms with Crippen molar-refractivity contribution in [2.45, 2.75) is 6.92 Å². The van der Waals surface area contributed by atoms with Gasteiger partial charge >= 0.3 is 0 Å². The van der Waals surface area contributed by atoms with E-state index in [2.05, 4.69) is 0 Å². The molecule has 0 aliphatic carbocycles. The fraction of sp³-hybridized carbons (Fsp3) is 0.133. The van der Waals surface area contributed by atoms with E-state index in [0.717, 1.165) is 16.5 Å². The van der Waals surface area contributed by atoms with Gasteiger partial charge < -0.3 is 10.6 Å². The molecule has 0 radical (unpaired) electrons. The first-order valence-electron chi connectivity index (χ1n) is 6.17. The number of nitrogens with two attached hydrogens (primary N) is 1. The molecule has 0 atom stereocenters. The average molecular weight is 254 g/mol. The number of rotatable bonds is 2. The number of aromatic nitrogens is 1. The Balaban J connectivity index is 2.49. The molecule has 0 saturated heterocycles. The van der Waals surface area contributed by atoms with E-state index in [1.54, 1.807) is 6.07 Å². The monoisotopic (exact) mass is 254 g/mol. The summed E-state index contributed by atoms with van der Waals surface area (Å²) in [6.07, 6.45) is 0. The van der Waals surface area contributed by atoms with Gasteiger partial charge in [-0.2, -0.15) is 0 Å². The quantitative estimate of drug-likeness (QED) is 0.563. The number of nitrogens with zero attached hydrogens (tertiary/aromatic N) is 1. The Kier molecular flexibility index (Phi) is 2.63. The molecule has 96 valence electrons. The molecular weight excluding hydrogens is 240 g/mol. The minimum Gasteiger partial charge on any atom is -0.494 e. The van der Waals surface area contributed by atoms with E-state index in [-0.39, 0.29) is 5.56 Å². The molecule has 3 aromatic rings. The highest BCUT2D eigenvalue weighted by Gasteiger charge is 2.09. The molecule has 0 aliphatic rings. The third-order valence-electron chi connectivity index (χ3n) is 3.21. The first kappa shape index (κ1) is 11.6. The second-order valence-corrected chi connectivity index (χ2v) is 4.33. The van der Waals surface area contributed by atoms with Gasteiger partial charge in [-0.1, -0.05) is 18.2 Å². The van der Waals surface area contributed by atoms with Crippen molar-refractivity contribution in [2.24, 2.45) is 0 Å². The van der Waals surface area contributed by atoms with Crippen LogP contribution >= 0.6 is 0 Å². The van der Waals surface area contributed by atoms with Crippen molar-refractivity contribution in [1.29, 1.82) is 0 Å². The number of pyridine rings is 1. The normalized spacial score (nSPS) is 11.0. The predicted molar refractivity (Wildman–Crippen MR) is 77.0 cm³/mol. The van der Waals surface area contributed by atoms with Gasteiger partial charge in [-0.15, -0.1) is 0 Å². The van der Waals surface area contributed by atoms with Crippen molar-refractivity contribution in [3.8, 4) is 5.75 Å². The highest BCUT2D eigenvalue weighted by Crippen LogP contribution is 2.25. The first-order valence-corrected chi connectivity index (χ1v) is 6.17. The Morgan fingerprint density at radius 3 is 2.58 bits per heavy atom. The summed E-state index contributed by atoms with van der Waals surface area (Å²) in [7, 11) is 0. The van der Waals surface area contributed by atoms with Crippen LogP contribution in [-0.4, -0.2) is 11.3 Å². The van der Waals surface area contributed by atoms with Gasteiger partial charge in [-0.25, -0.2) is 4.68 Å². The third kappa shape index (κ3) is 1.73. The highest BCUT2D eigenvalue weighted by atomic mass is 16.5. The van der Waals surface area contributed by atoms with E-state index in [1.165, 1.54) is 4.68 Å². The zero-order valence-corrected chi connectivity index (χ0v) is 10.6. The molecular formula is C15H14N2O2. The minimum atomic E-state index is -0.188. The zero-order valence-electron chi connectivity index (χ0n) is 10.6. The van der Waals surface area contributed by atoms with E-state index >= 15 is 0 Å². The summed E-state index contributed by atoms with van der Waals surface area (Å²) < 4.78 is 6.69. The lowest BCUT2D eigenvalue weighted by Gasteiger charge is -2.10. The summed E-state index contributed by atoms with van der Waals surface area (Å²) in [6, 6.07) is 13.0. The summed E-state index contributed by atoms with van der Waals surface area (Å²) >= 11 is 0. The Hall–Kier alpha value is -2.49. The molecule has 1 heterocycles. The average Bonchev–Trinajstić information content (AvgIpc) is 2.45. The van der Waals surface area contributed by atoms with E-state index < -0.39 is 0 Å². The van der Waals surface area contributed by atoms with Crippen LogP contribution in [0.1, 0.15) is 6.92 Å². The Morgan fingerprint density at radius 1 is 1.11 bits per heavy atom. The summed E-state index contributed by atoms with van der Waals surface area (Å²) in [5.41, 5.74) is 0.513. The molecule has 0 fully saturated rings. The molecule has 19 heavy (non-hydrogen) atoms. The fourth-order valence-electron chi connectivity index (χ4n) is 2.34. The SMILES string of the molecule is CCOc1ccc2c(c1)c1ccccc1c(=O)n2N. The topological polar surface area (TPSA) is 57.2 Å². The van der Waals surface area contributed by atoms with Crippen LogP contribution < -0.4 is 16.1 Å². The van der Waals surface area contributed by atoms with E-state index in [4.69, 9.17) is 10.6 Å². The minimum absolute atomic E-state index is 0.188. The van der Waals surface area contributed by atoms with Crippen LogP contribution in [0.5, 0.6) is 5.75 Å². The number of hydrogen-bond donors (Lipinski definition) is 1. The van der Waals surface area contributed by atoms with Crippen LogP contribution in [0.3, 0.4) is 0 Å². The molecule has 0 aliphatic heterocycles. The van der Waals surface area contributed by atoms with E-state index in [1.807, 2.05) is 43.3 Å². The molecule has 3 rings (SSSR count). The molecule has 0 saturated carbocycles. The van der Waals surface area contributed by atoms with Crippen LogP contribution in [-0.2, 0) is 0 Å². The number of benzene rings is 2. The van der Waals surface area contributed by atoms with Crippen molar-refractivity contribution < 1.29 is 4.74 Å². The van der Waals surface area contributed by atoms with E-state index in [9.17, 15) is 4.79 Å². The number of nitrogen functional groups attached to an aromatic ring is 1. The molecule has 2 N–H and O–H groups in total. The molecule has 0 spiro atoms. The second-order valence-electron chi connectivity index (χ2n) is 4.33. The highest BCUT2D eigenvalue weighted by molar-refractivity contribution is 6.06. The molecule has 4 nitrogen and oxygen atoms in total. The molecule has 0 amide bonds. The number of fused-ring (bicyclic) bond motifs is 3. The van der Waals surface area contributed by atoms with Crippen LogP contribution in [0, 0.1) is 0 Å². The first-order chi connectivity index (χ1) is 9.22. The van der Waals surface area contributed by atoms with Gasteiger partial charge in [0.1, 0.15) is 5.75 Å².